The molecule has 0 saturated heterocycles. The number of guanidine groups is 1. The molecule has 2 aliphatic rings. The minimum atomic E-state index is -0.415. The molecule has 2 heterocycles. The molecule has 1 aromatic rings. The number of ether oxygens (including phenoxy) is 3. The summed E-state index contributed by atoms with van der Waals surface area (Å²) in [5, 5.41) is 5.82. The highest BCUT2D eigenvalue weighted by atomic mass is 16.5. The Morgan fingerprint density at radius 1 is 0.960 bits per heavy atom. The second-order valence-electron chi connectivity index (χ2n) is 5.36. The summed E-state index contributed by atoms with van der Waals surface area (Å²) in [4.78, 5) is 20.5. The van der Waals surface area contributed by atoms with Crippen molar-refractivity contribution in [2.75, 3.05) is 21.3 Å². The Morgan fingerprint density at radius 2 is 1.68 bits per heavy atom. The summed E-state index contributed by atoms with van der Waals surface area (Å²) in [6.45, 7) is 3.65. The van der Waals surface area contributed by atoms with Crippen molar-refractivity contribution in [1.29, 1.82) is 0 Å². The van der Waals surface area contributed by atoms with Gasteiger partial charge in [0, 0.05) is 5.56 Å². The molecule has 0 bridgehead atoms. The van der Waals surface area contributed by atoms with Crippen LogP contribution in [0.1, 0.15) is 19.4 Å². The molecular formula is C17H18N4O4. The van der Waals surface area contributed by atoms with Crippen molar-refractivity contribution in [2.45, 2.75) is 13.8 Å². The van der Waals surface area contributed by atoms with E-state index in [0.717, 1.165) is 11.4 Å². The number of hydrogen-bond donors (Lipinski definition) is 0. The van der Waals surface area contributed by atoms with Crippen LogP contribution in [0.25, 0.3) is 6.08 Å². The van der Waals surface area contributed by atoms with Gasteiger partial charge < -0.3 is 14.2 Å². The van der Waals surface area contributed by atoms with Crippen LogP contribution in [-0.2, 0) is 4.79 Å². The van der Waals surface area contributed by atoms with E-state index in [1.165, 1.54) is 19.2 Å². The first-order valence-corrected chi connectivity index (χ1v) is 7.54. The lowest BCUT2D eigenvalue weighted by molar-refractivity contribution is -0.114. The van der Waals surface area contributed by atoms with Crippen LogP contribution in [0.3, 0.4) is 0 Å². The molecule has 2 aliphatic heterocycles. The van der Waals surface area contributed by atoms with Gasteiger partial charge in [0.05, 0.1) is 32.8 Å². The Bertz CT molecular complexity index is 868. The lowest BCUT2D eigenvalue weighted by Gasteiger charge is -2.19. The summed E-state index contributed by atoms with van der Waals surface area (Å²) >= 11 is 0. The summed E-state index contributed by atoms with van der Waals surface area (Å²) in [6.07, 6.45) is 1.65. The highest BCUT2D eigenvalue weighted by Crippen LogP contribution is 2.41. The van der Waals surface area contributed by atoms with Crippen molar-refractivity contribution < 1.29 is 19.0 Å². The van der Waals surface area contributed by atoms with E-state index in [0.29, 0.717) is 22.8 Å². The average Bonchev–Trinajstić information content (AvgIpc) is 2.89. The molecule has 3 rings (SSSR count). The molecule has 8 nitrogen and oxygen atoms in total. The molecule has 0 unspecified atom stereocenters. The largest absolute Gasteiger partial charge is 0.493 e. The third-order valence-corrected chi connectivity index (χ3v) is 3.91. The Labute approximate surface area is 145 Å². The van der Waals surface area contributed by atoms with Crippen LogP contribution in [0.2, 0.25) is 0 Å². The van der Waals surface area contributed by atoms with E-state index < -0.39 is 5.91 Å². The van der Waals surface area contributed by atoms with Crippen LogP contribution in [0.15, 0.2) is 32.9 Å². The second-order valence-corrected chi connectivity index (χ2v) is 5.36. The Hall–Kier alpha value is -3.16. The molecule has 0 fully saturated rings. The van der Waals surface area contributed by atoms with Crippen molar-refractivity contribution in [3.63, 3.8) is 0 Å². The number of nitrogens with zero attached hydrogens (tertiary/aromatic N) is 4. The highest BCUT2D eigenvalue weighted by Gasteiger charge is 2.33. The van der Waals surface area contributed by atoms with E-state index in [1.54, 1.807) is 25.3 Å². The molecule has 0 atom stereocenters. The molecule has 0 saturated carbocycles. The number of carbonyl (C=O) groups excluding carboxylic acids is 1. The van der Waals surface area contributed by atoms with Crippen molar-refractivity contribution in [2.24, 2.45) is 15.1 Å². The van der Waals surface area contributed by atoms with Gasteiger partial charge in [0.1, 0.15) is 5.70 Å². The van der Waals surface area contributed by atoms with Crippen LogP contribution in [0, 0.1) is 0 Å². The van der Waals surface area contributed by atoms with Crippen LogP contribution in [-0.4, -0.2) is 49.6 Å². The predicted octanol–water partition coefficient (Wildman–Crippen LogP) is 2.10. The van der Waals surface area contributed by atoms with Gasteiger partial charge in [-0.05, 0) is 32.1 Å². The van der Waals surface area contributed by atoms with E-state index in [9.17, 15) is 4.79 Å². The minimum Gasteiger partial charge on any atom is -0.493 e. The van der Waals surface area contributed by atoms with Crippen LogP contribution < -0.4 is 14.2 Å². The van der Waals surface area contributed by atoms with Gasteiger partial charge in [-0.15, -0.1) is 0 Å². The topological polar surface area (TPSA) is 85.1 Å². The number of hydrazone groups is 1. The van der Waals surface area contributed by atoms with Gasteiger partial charge in [-0.2, -0.15) is 15.1 Å². The molecule has 0 aliphatic carbocycles. The first-order valence-electron chi connectivity index (χ1n) is 7.54. The summed E-state index contributed by atoms with van der Waals surface area (Å²) in [7, 11) is 4.59. The van der Waals surface area contributed by atoms with E-state index in [1.807, 2.05) is 13.8 Å². The number of hydrogen-bond acceptors (Lipinski definition) is 7. The summed E-state index contributed by atoms with van der Waals surface area (Å²) in [5.74, 6) is 1.27. The van der Waals surface area contributed by atoms with E-state index in [-0.39, 0.29) is 11.7 Å². The van der Waals surface area contributed by atoms with Crippen LogP contribution in [0.4, 0.5) is 0 Å². The first-order chi connectivity index (χ1) is 12.0. The zero-order valence-electron chi connectivity index (χ0n) is 14.7. The summed E-state index contributed by atoms with van der Waals surface area (Å²) in [5.41, 5.74) is 2.38. The van der Waals surface area contributed by atoms with Gasteiger partial charge in [-0.3, -0.25) is 4.79 Å². The monoisotopic (exact) mass is 342 g/mol. The summed E-state index contributed by atoms with van der Waals surface area (Å²) < 4.78 is 16.1. The van der Waals surface area contributed by atoms with Gasteiger partial charge >= 0.3 is 0 Å². The third kappa shape index (κ3) is 2.75. The van der Waals surface area contributed by atoms with E-state index in [2.05, 4.69) is 15.1 Å². The number of fused-ring (bicyclic) bond motifs is 1. The average molecular weight is 342 g/mol. The predicted molar refractivity (Wildman–Crippen MR) is 94.6 cm³/mol. The molecule has 0 spiro atoms. The molecule has 0 N–H and O–H groups in total. The van der Waals surface area contributed by atoms with Crippen molar-refractivity contribution in [3.8, 4) is 17.2 Å². The molecular weight excluding hydrogens is 324 g/mol. The lowest BCUT2D eigenvalue weighted by atomic mass is 10.1. The van der Waals surface area contributed by atoms with Crippen molar-refractivity contribution in [3.05, 3.63) is 23.4 Å². The van der Waals surface area contributed by atoms with Crippen molar-refractivity contribution >= 4 is 29.4 Å². The van der Waals surface area contributed by atoms with Gasteiger partial charge in [0.25, 0.3) is 11.9 Å². The maximum absolute atomic E-state index is 12.3. The number of carbonyl (C=O) groups is 1. The van der Waals surface area contributed by atoms with Gasteiger partial charge in [-0.1, -0.05) is 0 Å². The molecule has 25 heavy (non-hydrogen) atoms. The van der Waals surface area contributed by atoms with E-state index >= 15 is 0 Å². The number of benzene rings is 1. The quantitative estimate of drug-likeness (QED) is 0.782. The molecule has 0 aromatic heterocycles. The Kier molecular flexibility index (Phi) is 4.26. The Morgan fingerprint density at radius 3 is 2.32 bits per heavy atom. The number of amides is 1. The fourth-order valence-electron chi connectivity index (χ4n) is 2.53. The standard InChI is InChI=1S/C17H18N4O4/c1-9-10(2)20-21-12(16(22)19-17(21)18-9)8-11-6-7-13(23-3)15(25-5)14(11)24-4/h6-8H,1-5H3. The smallest absolute Gasteiger partial charge is 0.299 e. The third-order valence-electron chi connectivity index (χ3n) is 3.91. The molecule has 8 heteroatoms. The van der Waals surface area contributed by atoms with Crippen molar-refractivity contribution in [1.82, 2.24) is 5.01 Å². The maximum atomic E-state index is 12.3. The highest BCUT2D eigenvalue weighted by molar-refractivity contribution is 6.43. The van der Waals surface area contributed by atoms with E-state index in [4.69, 9.17) is 14.2 Å². The molecule has 1 aromatic carbocycles. The van der Waals surface area contributed by atoms with Gasteiger partial charge in [0.2, 0.25) is 5.75 Å². The number of rotatable bonds is 4. The fraction of sp³-hybridized carbons (Fsp3) is 0.294. The van der Waals surface area contributed by atoms with Crippen LogP contribution in [0.5, 0.6) is 17.2 Å². The van der Waals surface area contributed by atoms with Gasteiger partial charge in [-0.25, -0.2) is 4.99 Å². The zero-order valence-corrected chi connectivity index (χ0v) is 14.7. The number of aliphatic imine (C=N–C) groups is 2. The summed E-state index contributed by atoms with van der Waals surface area (Å²) in [6, 6.07) is 3.51. The second kappa shape index (κ2) is 6.39. The lowest BCUT2D eigenvalue weighted by Crippen LogP contribution is -2.28. The van der Waals surface area contributed by atoms with Crippen LogP contribution >= 0.6 is 0 Å². The Balaban J connectivity index is 2.09. The SMILES string of the molecule is COc1ccc(C=C2C(=O)N=C3N=C(C)C(C)=NN23)c(OC)c1OC. The zero-order chi connectivity index (χ0) is 18.1. The number of methoxy groups -OCH3 is 3. The normalized spacial score (nSPS) is 17.8. The molecule has 130 valence electrons. The maximum Gasteiger partial charge on any atom is 0.299 e. The van der Waals surface area contributed by atoms with Gasteiger partial charge in [0.15, 0.2) is 11.5 Å². The minimum absolute atomic E-state index is 0.263. The molecule has 0 radical (unpaired) electrons. The first kappa shape index (κ1) is 16.7. The fourth-order valence-corrected chi connectivity index (χ4v) is 2.53. The molecule has 1 amide bonds.